The molecule has 0 saturated heterocycles. The summed E-state index contributed by atoms with van der Waals surface area (Å²) in [6.45, 7) is 1.04. The number of aryl methyl sites for hydroxylation is 1. The molecule has 0 saturated carbocycles. The smallest absolute Gasteiger partial charge is 0.411 e. The second-order valence-corrected chi connectivity index (χ2v) is 7.41. The second-order valence-electron chi connectivity index (χ2n) is 4.89. The SMILES string of the molecule is Cc1c(C(F)F)nc2c(c1NC(=O)OCC(Cl)(Cl)Cl)CCC2. The summed E-state index contributed by atoms with van der Waals surface area (Å²) >= 11 is 16.5. The second kappa shape index (κ2) is 6.72. The van der Waals surface area contributed by atoms with Gasteiger partial charge >= 0.3 is 6.09 Å². The largest absolute Gasteiger partial charge is 0.445 e. The van der Waals surface area contributed by atoms with E-state index in [-0.39, 0.29) is 11.3 Å². The van der Waals surface area contributed by atoms with Crippen LogP contribution in [0.1, 0.15) is 35.4 Å². The van der Waals surface area contributed by atoms with Gasteiger partial charge in [-0.25, -0.2) is 13.6 Å². The Bertz CT molecular complexity index is 592. The lowest BCUT2D eigenvalue weighted by atomic mass is 10.1. The van der Waals surface area contributed by atoms with Gasteiger partial charge in [-0.1, -0.05) is 34.8 Å². The van der Waals surface area contributed by atoms with Crippen LogP contribution < -0.4 is 5.32 Å². The number of amides is 1. The van der Waals surface area contributed by atoms with Crippen molar-refractivity contribution in [2.75, 3.05) is 11.9 Å². The number of carbonyl (C=O) groups excluding carboxylic acids is 1. The van der Waals surface area contributed by atoms with Crippen molar-refractivity contribution >= 4 is 46.6 Å². The first kappa shape index (κ1) is 17.5. The van der Waals surface area contributed by atoms with Crippen molar-refractivity contribution < 1.29 is 18.3 Å². The number of nitrogens with one attached hydrogen (secondary N) is 1. The zero-order chi connectivity index (χ0) is 16.5. The van der Waals surface area contributed by atoms with Gasteiger partial charge in [0.2, 0.25) is 3.79 Å². The first-order valence-corrected chi connectivity index (χ1v) is 7.63. The highest BCUT2D eigenvalue weighted by atomic mass is 35.6. The molecule has 4 nitrogen and oxygen atoms in total. The lowest BCUT2D eigenvalue weighted by Gasteiger charge is -2.17. The number of nitrogens with zero attached hydrogens (tertiary/aromatic N) is 1. The molecule has 1 aromatic rings. The van der Waals surface area contributed by atoms with Crippen molar-refractivity contribution in [3.63, 3.8) is 0 Å². The van der Waals surface area contributed by atoms with Crippen LogP contribution in [0.25, 0.3) is 0 Å². The number of hydrogen-bond acceptors (Lipinski definition) is 3. The molecular formula is C13H13Cl3F2N2O2. The Labute approximate surface area is 141 Å². The number of pyridine rings is 1. The van der Waals surface area contributed by atoms with Crippen LogP contribution in [-0.4, -0.2) is 21.5 Å². The van der Waals surface area contributed by atoms with Gasteiger partial charge in [-0.05, 0) is 31.7 Å². The van der Waals surface area contributed by atoms with Crippen molar-refractivity contribution in [2.24, 2.45) is 0 Å². The van der Waals surface area contributed by atoms with E-state index in [9.17, 15) is 13.6 Å². The van der Waals surface area contributed by atoms with E-state index in [2.05, 4.69) is 10.3 Å². The zero-order valence-corrected chi connectivity index (χ0v) is 13.8. The van der Waals surface area contributed by atoms with E-state index in [0.29, 0.717) is 24.2 Å². The topological polar surface area (TPSA) is 51.2 Å². The molecule has 9 heteroatoms. The van der Waals surface area contributed by atoms with Crippen LogP contribution in [0.15, 0.2) is 0 Å². The minimum atomic E-state index is -2.72. The van der Waals surface area contributed by atoms with E-state index in [1.165, 1.54) is 6.92 Å². The highest BCUT2D eigenvalue weighted by Gasteiger charge is 2.27. The molecule has 1 amide bonds. The number of halogens is 5. The number of carbonyl (C=O) groups is 1. The average Bonchev–Trinajstić information content (AvgIpc) is 2.86. The zero-order valence-electron chi connectivity index (χ0n) is 11.6. The summed E-state index contributed by atoms with van der Waals surface area (Å²) in [7, 11) is 0. The van der Waals surface area contributed by atoms with Crippen LogP contribution >= 0.6 is 34.8 Å². The molecule has 22 heavy (non-hydrogen) atoms. The van der Waals surface area contributed by atoms with E-state index in [4.69, 9.17) is 39.5 Å². The molecule has 1 aromatic heterocycles. The Morgan fingerprint density at radius 3 is 2.68 bits per heavy atom. The van der Waals surface area contributed by atoms with Crippen LogP contribution in [0, 0.1) is 6.92 Å². The number of alkyl halides is 5. The van der Waals surface area contributed by atoms with E-state index in [1.54, 1.807) is 0 Å². The predicted octanol–water partition coefficient (Wildman–Crippen LogP) is 4.74. The molecule has 1 heterocycles. The molecule has 0 fully saturated rings. The molecule has 122 valence electrons. The molecule has 0 atom stereocenters. The minimum absolute atomic E-state index is 0.224. The summed E-state index contributed by atoms with van der Waals surface area (Å²) < 4.78 is 29.2. The summed E-state index contributed by atoms with van der Waals surface area (Å²) in [6, 6.07) is 0. The van der Waals surface area contributed by atoms with Gasteiger partial charge in [0.15, 0.2) is 0 Å². The fourth-order valence-corrected chi connectivity index (χ4v) is 2.53. The minimum Gasteiger partial charge on any atom is -0.445 e. The quantitative estimate of drug-likeness (QED) is 0.779. The summed E-state index contributed by atoms with van der Waals surface area (Å²) in [5.74, 6) is 0. The highest BCUT2D eigenvalue weighted by Crippen LogP contribution is 2.35. The average molecular weight is 374 g/mol. The molecule has 2 rings (SSSR count). The number of ether oxygens (including phenoxy) is 1. The maximum absolute atomic E-state index is 13.1. The van der Waals surface area contributed by atoms with E-state index in [0.717, 1.165) is 12.0 Å². The third-order valence-electron chi connectivity index (χ3n) is 3.31. The van der Waals surface area contributed by atoms with Gasteiger partial charge in [0.05, 0.1) is 5.69 Å². The number of anilines is 1. The maximum Gasteiger partial charge on any atom is 0.411 e. The number of aromatic nitrogens is 1. The Balaban J connectivity index is 2.25. The molecule has 1 N–H and O–H groups in total. The predicted molar refractivity (Wildman–Crippen MR) is 81.2 cm³/mol. The fraction of sp³-hybridized carbons (Fsp3) is 0.538. The van der Waals surface area contributed by atoms with Crippen molar-refractivity contribution in [1.29, 1.82) is 0 Å². The molecule has 0 aromatic carbocycles. The third kappa shape index (κ3) is 4.12. The summed E-state index contributed by atoms with van der Waals surface area (Å²) in [5, 5.41) is 2.47. The molecule has 1 aliphatic rings. The third-order valence-corrected chi connectivity index (χ3v) is 3.63. The highest BCUT2D eigenvalue weighted by molar-refractivity contribution is 6.67. The lowest BCUT2D eigenvalue weighted by Crippen LogP contribution is -2.22. The summed E-state index contributed by atoms with van der Waals surface area (Å²) in [6.07, 6.45) is -1.52. The van der Waals surface area contributed by atoms with E-state index < -0.39 is 22.9 Å². The van der Waals surface area contributed by atoms with E-state index >= 15 is 0 Å². The first-order chi connectivity index (χ1) is 10.2. The molecule has 0 spiro atoms. The summed E-state index contributed by atoms with van der Waals surface area (Å²) in [5.41, 5.74) is 1.54. The van der Waals surface area contributed by atoms with Crippen molar-refractivity contribution in [3.8, 4) is 0 Å². The van der Waals surface area contributed by atoms with Crippen LogP contribution in [0.4, 0.5) is 19.3 Å². The normalized spacial score (nSPS) is 14.1. The Kier molecular flexibility index (Phi) is 5.35. The Morgan fingerprint density at radius 1 is 1.41 bits per heavy atom. The van der Waals surface area contributed by atoms with Gasteiger partial charge in [-0.3, -0.25) is 10.3 Å². The monoisotopic (exact) mass is 372 g/mol. The molecule has 0 bridgehead atoms. The fourth-order valence-electron chi connectivity index (χ4n) is 2.37. The molecule has 1 aliphatic carbocycles. The van der Waals surface area contributed by atoms with Gasteiger partial charge in [0.25, 0.3) is 6.43 Å². The van der Waals surface area contributed by atoms with Crippen LogP contribution in [0.3, 0.4) is 0 Å². The van der Waals surface area contributed by atoms with Crippen molar-refractivity contribution in [3.05, 3.63) is 22.5 Å². The molecule has 0 unspecified atom stereocenters. The molecular weight excluding hydrogens is 361 g/mol. The van der Waals surface area contributed by atoms with Gasteiger partial charge in [0, 0.05) is 11.3 Å². The number of fused-ring (bicyclic) bond motifs is 1. The molecule has 0 aliphatic heterocycles. The number of hydrogen-bond donors (Lipinski definition) is 1. The van der Waals surface area contributed by atoms with Gasteiger partial charge in [-0.15, -0.1) is 0 Å². The molecule has 0 radical (unpaired) electrons. The maximum atomic E-state index is 13.1. The van der Waals surface area contributed by atoms with Crippen LogP contribution in [-0.2, 0) is 17.6 Å². The van der Waals surface area contributed by atoms with Gasteiger partial charge < -0.3 is 4.74 Å². The number of rotatable bonds is 3. The van der Waals surface area contributed by atoms with Gasteiger partial charge in [-0.2, -0.15) is 0 Å². The van der Waals surface area contributed by atoms with Gasteiger partial charge in [0.1, 0.15) is 12.3 Å². The first-order valence-electron chi connectivity index (χ1n) is 6.50. The van der Waals surface area contributed by atoms with Crippen molar-refractivity contribution in [2.45, 2.75) is 36.4 Å². The Morgan fingerprint density at radius 2 is 2.09 bits per heavy atom. The van der Waals surface area contributed by atoms with Crippen LogP contribution in [0.5, 0.6) is 0 Å². The lowest BCUT2D eigenvalue weighted by molar-refractivity contribution is 0.145. The Hall–Kier alpha value is -0.850. The van der Waals surface area contributed by atoms with E-state index in [1.807, 2.05) is 0 Å². The van der Waals surface area contributed by atoms with Crippen molar-refractivity contribution in [1.82, 2.24) is 4.98 Å². The van der Waals surface area contributed by atoms with Crippen LogP contribution in [0.2, 0.25) is 0 Å². The standard InChI is InChI=1S/C13H13Cl3F2N2O2/c1-6-9(20-12(21)22-5-13(14,15)16)7-3-2-4-8(7)19-10(6)11(17)18/h11H,2-5H2,1H3,(H,19,20,21). The summed E-state index contributed by atoms with van der Waals surface area (Å²) in [4.78, 5) is 15.8.